The van der Waals surface area contributed by atoms with Gasteiger partial charge in [0.05, 0.1) is 18.2 Å². The van der Waals surface area contributed by atoms with Crippen molar-refractivity contribution in [3.8, 4) is 0 Å². The summed E-state index contributed by atoms with van der Waals surface area (Å²) >= 11 is 0. The van der Waals surface area contributed by atoms with Crippen molar-refractivity contribution in [3.05, 3.63) is 59.0 Å². The number of carbonyl (C=O) groups is 1. The molecule has 4 nitrogen and oxygen atoms in total. The number of allylic oxidation sites excluding steroid dienone is 3. The molecule has 0 bridgehead atoms. The number of benzene rings is 1. The van der Waals surface area contributed by atoms with Gasteiger partial charge in [0.1, 0.15) is 0 Å². The van der Waals surface area contributed by atoms with Gasteiger partial charge in [0.15, 0.2) is 0 Å². The molecular formula is C17H17NO3. The zero-order valence-electron chi connectivity index (χ0n) is 11.7. The first kappa shape index (κ1) is 13.6. The number of fused-ring (bicyclic) bond motifs is 2. The molecule has 0 radical (unpaired) electrons. The second-order valence-corrected chi connectivity index (χ2v) is 5.29. The van der Waals surface area contributed by atoms with E-state index in [1.807, 2.05) is 24.3 Å². The summed E-state index contributed by atoms with van der Waals surface area (Å²) in [6.07, 6.45) is 8.26. The van der Waals surface area contributed by atoms with Gasteiger partial charge >= 0.3 is 5.97 Å². The van der Waals surface area contributed by atoms with Gasteiger partial charge in [0.2, 0.25) is 0 Å². The fourth-order valence-electron chi connectivity index (χ4n) is 2.62. The second-order valence-electron chi connectivity index (χ2n) is 5.29. The molecular weight excluding hydrogens is 266 g/mol. The van der Waals surface area contributed by atoms with E-state index in [4.69, 9.17) is 9.94 Å². The first-order chi connectivity index (χ1) is 10.2. The zero-order chi connectivity index (χ0) is 14.8. The number of hydroxylamine groups is 1. The van der Waals surface area contributed by atoms with Crippen molar-refractivity contribution in [2.75, 3.05) is 6.61 Å². The highest BCUT2D eigenvalue weighted by Gasteiger charge is 2.24. The van der Waals surface area contributed by atoms with Crippen LogP contribution in [0.2, 0.25) is 0 Å². The van der Waals surface area contributed by atoms with E-state index in [2.05, 4.69) is 29.8 Å². The second kappa shape index (κ2) is 5.58. The Kier molecular flexibility index (Phi) is 3.62. The topological polar surface area (TPSA) is 58.6 Å². The first-order valence-electron chi connectivity index (χ1n) is 6.97. The molecule has 108 valence electrons. The van der Waals surface area contributed by atoms with Crippen LogP contribution in [0.4, 0.5) is 0 Å². The Balaban J connectivity index is 1.87. The lowest BCUT2D eigenvalue weighted by molar-refractivity contribution is -0.143. The van der Waals surface area contributed by atoms with Crippen molar-refractivity contribution in [2.45, 2.75) is 6.92 Å². The van der Waals surface area contributed by atoms with Gasteiger partial charge < -0.3 is 5.11 Å². The molecule has 2 aliphatic carbocycles. The van der Waals surface area contributed by atoms with Gasteiger partial charge in [-0.15, -0.1) is 0 Å². The molecule has 0 saturated heterocycles. The van der Waals surface area contributed by atoms with Crippen molar-refractivity contribution < 1.29 is 14.7 Å². The van der Waals surface area contributed by atoms with Crippen LogP contribution in [-0.2, 0) is 9.63 Å². The predicted molar refractivity (Wildman–Crippen MR) is 80.2 cm³/mol. The summed E-state index contributed by atoms with van der Waals surface area (Å²) < 4.78 is 0. The van der Waals surface area contributed by atoms with Gasteiger partial charge in [-0.25, -0.2) is 0 Å². The molecule has 1 aromatic carbocycles. The minimum atomic E-state index is -0.860. The smallest absolute Gasteiger partial charge is 0.308 e. The number of rotatable bonds is 5. The fourth-order valence-corrected chi connectivity index (χ4v) is 2.62. The van der Waals surface area contributed by atoms with E-state index in [-0.39, 0.29) is 12.5 Å². The summed E-state index contributed by atoms with van der Waals surface area (Å²) in [6.45, 7) is 1.75. The molecule has 1 aromatic rings. The Morgan fingerprint density at radius 1 is 1.33 bits per heavy atom. The van der Waals surface area contributed by atoms with Crippen LogP contribution in [0.3, 0.4) is 0 Å². The lowest BCUT2D eigenvalue weighted by atomic mass is 9.95. The van der Waals surface area contributed by atoms with Crippen molar-refractivity contribution in [2.24, 2.45) is 11.8 Å². The number of carboxylic acids is 1. The number of aliphatic carboxylic acids is 1. The van der Waals surface area contributed by atoms with Crippen LogP contribution in [0.1, 0.15) is 6.92 Å². The summed E-state index contributed by atoms with van der Waals surface area (Å²) in [6, 6.07) is 8.15. The van der Waals surface area contributed by atoms with Crippen molar-refractivity contribution in [1.29, 1.82) is 0 Å². The Hall–Kier alpha value is -2.33. The summed E-state index contributed by atoms with van der Waals surface area (Å²) in [7, 11) is 0. The highest BCUT2D eigenvalue weighted by Crippen LogP contribution is 2.27. The summed E-state index contributed by atoms with van der Waals surface area (Å²) in [5, 5.41) is 11.2. The third-order valence-corrected chi connectivity index (χ3v) is 3.80. The van der Waals surface area contributed by atoms with Gasteiger partial charge in [-0.05, 0) is 17.7 Å². The predicted octanol–water partition coefficient (Wildman–Crippen LogP) is 0.943. The van der Waals surface area contributed by atoms with Gasteiger partial charge in [-0.2, -0.15) is 0 Å². The average molecular weight is 283 g/mol. The van der Waals surface area contributed by atoms with Crippen LogP contribution >= 0.6 is 0 Å². The fraction of sp³-hybridized carbons (Fsp3) is 0.235. The Labute approximate surface area is 122 Å². The van der Waals surface area contributed by atoms with E-state index in [9.17, 15) is 4.79 Å². The average Bonchev–Trinajstić information content (AvgIpc) is 2.82. The standard InChI is InChI=1S/C17H17NO3/c1-11(17(19)20)10-21-18-16-14-8-4-2-6-12(14)13-7-3-5-9-15(13)16/h2-9,11,14,18H,10H2,1H3,(H,19,20)/t11-,14?/m0/s1. The molecule has 0 aromatic heterocycles. The Bertz CT molecular complexity index is 746. The van der Waals surface area contributed by atoms with Gasteiger partial charge in [-0.3, -0.25) is 15.1 Å². The van der Waals surface area contributed by atoms with Crippen molar-refractivity contribution in [1.82, 2.24) is 5.48 Å². The van der Waals surface area contributed by atoms with Crippen LogP contribution in [0.25, 0.3) is 11.3 Å². The maximum absolute atomic E-state index is 10.8. The summed E-state index contributed by atoms with van der Waals surface area (Å²) in [4.78, 5) is 16.2. The summed E-state index contributed by atoms with van der Waals surface area (Å²) in [5.41, 5.74) is 5.18. The van der Waals surface area contributed by atoms with Crippen LogP contribution < -0.4 is 15.9 Å². The highest BCUT2D eigenvalue weighted by molar-refractivity contribution is 5.79. The van der Waals surface area contributed by atoms with E-state index < -0.39 is 11.9 Å². The molecule has 1 unspecified atom stereocenters. The third-order valence-electron chi connectivity index (χ3n) is 3.80. The molecule has 2 aliphatic rings. The van der Waals surface area contributed by atoms with Crippen molar-refractivity contribution >= 4 is 17.2 Å². The van der Waals surface area contributed by atoms with Crippen molar-refractivity contribution in [3.63, 3.8) is 0 Å². The lowest BCUT2D eigenvalue weighted by Gasteiger charge is -2.18. The molecule has 2 N–H and O–H groups in total. The van der Waals surface area contributed by atoms with Crippen LogP contribution in [0, 0.1) is 11.8 Å². The quantitative estimate of drug-likeness (QED) is 0.790. The number of hydrogen-bond donors (Lipinski definition) is 2. The van der Waals surface area contributed by atoms with Gasteiger partial charge in [0.25, 0.3) is 0 Å². The SMILES string of the molecule is C[C@@H](CONC1=c2ccccc2=C2C=CC=CC21)C(=O)O. The molecule has 0 amide bonds. The van der Waals surface area contributed by atoms with E-state index in [1.165, 1.54) is 10.8 Å². The minimum Gasteiger partial charge on any atom is -0.481 e. The maximum Gasteiger partial charge on any atom is 0.308 e. The molecule has 3 rings (SSSR count). The minimum absolute atomic E-state index is 0.128. The molecule has 0 heterocycles. The highest BCUT2D eigenvalue weighted by atomic mass is 16.6. The normalized spacial score (nSPS) is 20.1. The molecule has 0 fully saturated rings. The Morgan fingerprint density at radius 3 is 2.86 bits per heavy atom. The van der Waals surface area contributed by atoms with Gasteiger partial charge in [-0.1, -0.05) is 48.6 Å². The number of hydrogen-bond acceptors (Lipinski definition) is 3. The maximum atomic E-state index is 10.8. The van der Waals surface area contributed by atoms with E-state index in [0.29, 0.717) is 0 Å². The molecule has 0 saturated carbocycles. The monoisotopic (exact) mass is 283 g/mol. The molecule has 0 spiro atoms. The largest absolute Gasteiger partial charge is 0.481 e. The summed E-state index contributed by atoms with van der Waals surface area (Å²) in [5.74, 6) is -1.26. The van der Waals surface area contributed by atoms with Crippen LogP contribution in [0.5, 0.6) is 0 Å². The molecule has 21 heavy (non-hydrogen) atoms. The number of nitrogens with one attached hydrogen (secondary N) is 1. The number of carboxylic acid groups (broad SMARTS) is 1. The molecule has 2 atom stereocenters. The Morgan fingerprint density at radius 2 is 2.10 bits per heavy atom. The molecule has 4 heteroatoms. The molecule has 0 aliphatic heterocycles. The first-order valence-corrected chi connectivity index (χ1v) is 6.97. The van der Waals surface area contributed by atoms with Crippen LogP contribution in [-0.4, -0.2) is 17.7 Å². The lowest BCUT2D eigenvalue weighted by Crippen LogP contribution is -2.30. The zero-order valence-corrected chi connectivity index (χ0v) is 11.7. The third kappa shape index (κ3) is 2.50. The van der Waals surface area contributed by atoms with Crippen LogP contribution in [0.15, 0.2) is 48.6 Å². The van der Waals surface area contributed by atoms with Gasteiger partial charge in [0, 0.05) is 11.1 Å². The van der Waals surface area contributed by atoms with E-state index >= 15 is 0 Å². The van der Waals surface area contributed by atoms with E-state index in [0.717, 1.165) is 10.9 Å². The van der Waals surface area contributed by atoms with E-state index in [1.54, 1.807) is 6.92 Å².